The molecule has 2 amide bonds. The van der Waals surface area contributed by atoms with Crippen molar-refractivity contribution in [2.45, 2.75) is 36.8 Å². The number of anilines is 2. The number of benzene rings is 2. The zero-order chi connectivity index (χ0) is 20.9. The summed E-state index contributed by atoms with van der Waals surface area (Å²) in [6, 6.07) is 17.6. The van der Waals surface area contributed by atoms with E-state index in [0.717, 1.165) is 48.8 Å². The monoisotopic (exact) mass is 421 g/mol. The molecule has 5 rings (SSSR count). The smallest absolute Gasteiger partial charge is 0.269 e. The van der Waals surface area contributed by atoms with Crippen LogP contribution in [0.5, 0.6) is 0 Å². The van der Waals surface area contributed by atoms with Gasteiger partial charge in [0, 0.05) is 24.3 Å². The van der Waals surface area contributed by atoms with Crippen LogP contribution in [0.4, 0.5) is 11.4 Å². The van der Waals surface area contributed by atoms with E-state index < -0.39 is 4.87 Å². The van der Waals surface area contributed by atoms with Gasteiger partial charge in [-0.05, 0) is 43.9 Å². The molecule has 5 nitrogen and oxygen atoms in total. The van der Waals surface area contributed by atoms with Crippen LogP contribution < -0.4 is 9.80 Å². The summed E-state index contributed by atoms with van der Waals surface area (Å²) >= 11 is 1.47. The second-order valence-electron chi connectivity index (χ2n) is 8.61. The maximum absolute atomic E-state index is 14.1. The summed E-state index contributed by atoms with van der Waals surface area (Å²) in [6.45, 7) is 6.79. The molecule has 0 radical (unpaired) electrons. The second kappa shape index (κ2) is 7.43. The Balaban J connectivity index is 1.58. The number of para-hydroxylation sites is 2. The minimum atomic E-state index is -1.03. The zero-order valence-corrected chi connectivity index (χ0v) is 18.3. The minimum Gasteiger partial charge on any atom is -0.295 e. The van der Waals surface area contributed by atoms with Crippen molar-refractivity contribution in [2.24, 2.45) is 5.92 Å². The highest BCUT2D eigenvalue weighted by atomic mass is 32.2. The summed E-state index contributed by atoms with van der Waals surface area (Å²) in [5.41, 5.74) is 2.62. The summed E-state index contributed by atoms with van der Waals surface area (Å²) in [5, 5.41) is -0.280. The van der Waals surface area contributed by atoms with Crippen molar-refractivity contribution in [3.8, 4) is 0 Å². The Kier molecular flexibility index (Phi) is 4.86. The first kappa shape index (κ1) is 19.6. The van der Waals surface area contributed by atoms with Gasteiger partial charge >= 0.3 is 0 Å². The maximum atomic E-state index is 14.1. The van der Waals surface area contributed by atoms with E-state index in [1.54, 1.807) is 4.90 Å². The van der Waals surface area contributed by atoms with Gasteiger partial charge in [0.05, 0.1) is 17.6 Å². The van der Waals surface area contributed by atoms with Crippen LogP contribution in [0, 0.1) is 5.92 Å². The van der Waals surface area contributed by atoms with Crippen molar-refractivity contribution in [1.82, 2.24) is 4.90 Å². The van der Waals surface area contributed by atoms with E-state index in [1.807, 2.05) is 66.4 Å². The Bertz CT molecular complexity index is 973. The van der Waals surface area contributed by atoms with Gasteiger partial charge in [-0.25, -0.2) is 0 Å². The highest BCUT2D eigenvalue weighted by Crippen LogP contribution is 2.57. The van der Waals surface area contributed by atoms with Crippen LogP contribution in [-0.4, -0.2) is 41.7 Å². The predicted octanol–water partition coefficient (Wildman–Crippen LogP) is 4.04. The van der Waals surface area contributed by atoms with E-state index in [0.29, 0.717) is 6.67 Å². The van der Waals surface area contributed by atoms with Gasteiger partial charge in [-0.2, -0.15) is 0 Å². The molecule has 0 aliphatic carbocycles. The number of nitrogens with zero attached hydrogens (tertiary/aromatic N) is 3. The van der Waals surface area contributed by atoms with Crippen molar-refractivity contribution >= 4 is 35.0 Å². The number of hydrogen-bond acceptors (Lipinski definition) is 4. The molecule has 0 N–H and O–H groups in total. The Morgan fingerprint density at radius 2 is 1.63 bits per heavy atom. The lowest BCUT2D eigenvalue weighted by Crippen LogP contribution is -2.52. The molecule has 3 aliphatic rings. The number of fused-ring (bicyclic) bond motifs is 2. The maximum Gasteiger partial charge on any atom is 0.269 e. The molecule has 2 aromatic carbocycles. The molecule has 2 saturated heterocycles. The second-order valence-corrected chi connectivity index (χ2v) is 10.1. The first-order valence-electron chi connectivity index (χ1n) is 10.7. The summed E-state index contributed by atoms with van der Waals surface area (Å²) in [5.74, 6) is 0.725. The molecule has 6 heteroatoms. The quantitative estimate of drug-likeness (QED) is 0.750. The Morgan fingerprint density at radius 3 is 2.37 bits per heavy atom. The van der Waals surface area contributed by atoms with Crippen LogP contribution in [0.15, 0.2) is 54.6 Å². The summed E-state index contributed by atoms with van der Waals surface area (Å²) in [7, 11) is 0. The van der Waals surface area contributed by atoms with E-state index in [1.165, 1.54) is 11.8 Å². The van der Waals surface area contributed by atoms with Crippen LogP contribution in [-0.2, 0) is 14.5 Å². The number of amides is 2. The average molecular weight is 422 g/mol. The molecule has 0 saturated carbocycles. The number of piperidine rings is 1. The molecule has 30 heavy (non-hydrogen) atoms. The largest absolute Gasteiger partial charge is 0.295 e. The van der Waals surface area contributed by atoms with E-state index in [4.69, 9.17) is 0 Å². The first-order chi connectivity index (χ1) is 14.5. The number of thioether (sulfide) groups is 1. The lowest BCUT2D eigenvalue weighted by Gasteiger charge is -2.35. The summed E-state index contributed by atoms with van der Waals surface area (Å²) < 4.78 is 0. The molecule has 2 atom stereocenters. The summed E-state index contributed by atoms with van der Waals surface area (Å²) in [6.07, 6.45) is 2.32. The number of rotatable bonds is 3. The fourth-order valence-corrected chi connectivity index (χ4v) is 6.39. The van der Waals surface area contributed by atoms with Crippen molar-refractivity contribution in [3.05, 3.63) is 60.2 Å². The minimum absolute atomic E-state index is 0.00567. The molecule has 1 spiro atoms. The third-order valence-electron chi connectivity index (χ3n) is 6.56. The first-order valence-corrected chi connectivity index (χ1v) is 11.6. The van der Waals surface area contributed by atoms with Gasteiger partial charge < -0.3 is 0 Å². The third kappa shape index (κ3) is 2.88. The van der Waals surface area contributed by atoms with Gasteiger partial charge in [0.2, 0.25) is 10.8 Å². The molecule has 3 heterocycles. The van der Waals surface area contributed by atoms with Gasteiger partial charge in [0.1, 0.15) is 0 Å². The molecule has 2 fully saturated rings. The number of carbonyl (C=O) groups is 2. The van der Waals surface area contributed by atoms with Crippen LogP contribution in [0.1, 0.15) is 32.3 Å². The Labute approximate surface area is 182 Å². The molecular formula is C24H27N3O2S. The van der Waals surface area contributed by atoms with Gasteiger partial charge in [-0.1, -0.05) is 43.3 Å². The van der Waals surface area contributed by atoms with Gasteiger partial charge in [-0.3, -0.25) is 24.3 Å². The molecule has 0 aromatic heterocycles. The third-order valence-corrected chi connectivity index (χ3v) is 8.03. The molecule has 0 unspecified atom stereocenters. The normalized spacial score (nSPS) is 27.3. The summed E-state index contributed by atoms with van der Waals surface area (Å²) in [4.78, 5) is 32.3. The van der Waals surface area contributed by atoms with Crippen molar-refractivity contribution in [3.63, 3.8) is 0 Å². The van der Waals surface area contributed by atoms with Crippen molar-refractivity contribution < 1.29 is 9.59 Å². The average Bonchev–Trinajstić information content (AvgIpc) is 3.16. The highest BCUT2D eigenvalue weighted by molar-refractivity contribution is 8.03. The molecule has 0 bridgehead atoms. The number of carbonyl (C=O) groups excluding carboxylic acids is 2. The Morgan fingerprint density at radius 1 is 0.967 bits per heavy atom. The van der Waals surface area contributed by atoms with Crippen molar-refractivity contribution in [2.75, 3.05) is 29.6 Å². The van der Waals surface area contributed by atoms with Crippen LogP contribution in [0.25, 0.3) is 0 Å². The van der Waals surface area contributed by atoms with Crippen LogP contribution in [0.3, 0.4) is 0 Å². The standard InChI is InChI=1S/C24H27N3O2S/c1-17-12-14-25(15-13-17)16-26-21-11-7-6-10-20(21)24(23(26)29)27(22(28)18(2)30-24)19-8-4-3-5-9-19/h3-11,17-18H,12-16H2,1-2H3/t18-,24-/m0/s1. The van der Waals surface area contributed by atoms with Gasteiger partial charge in [0.25, 0.3) is 5.91 Å². The van der Waals surface area contributed by atoms with E-state index in [2.05, 4.69) is 11.8 Å². The van der Waals surface area contributed by atoms with Crippen LogP contribution in [0.2, 0.25) is 0 Å². The fraction of sp³-hybridized carbons (Fsp3) is 0.417. The lowest BCUT2D eigenvalue weighted by atomic mass is 10.00. The Hall–Kier alpha value is -2.31. The zero-order valence-electron chi connectivity index (χ0n) is 17.5. The number of hydrogen-bond donors (Lipinski definition) is 0. The molecular weight excluding hydrogens is 394 g/mol. The molecule has 156 valence electrons. The van der Waals surface area contributed by atoms with Gasteiger partial charge in [0.15, 0.2) is 0 Å². The van der Waals surface area contributed by atoms with E-state index in [-0.39, 0.29) is 17.1 Å². The van der Waals surface area contributed by atoms with Crippen LogP contribution >= 0.6 is 11.8 Å². The molecule has 2 aromatic rings. The van der Waals surface area contributed by atoms with Crippen molar-refractivity contribution in [1.29, 1.82) is 0 Å². The lowest BCUT2D eigenvalue weighted by molar-refractivity contribution is -0.124. The highest BCUT2D eigenvalue weighted by Gasteiger charge is 2.63. The van der Waals surface area contributed by atoms with E-state index in [9.17, 15) is 9.59 Å². The predicted molar refractivity (Wildman–Crippen MR) is 121 cm³/mol. The number of likely N-dealkylation sites (tertiary alicyclic amines) is 1. The SMILES string of the molecule is CC1CCN(CN2C(=O)[C@@]3(S[C@@H](C)C(=O)N3c3ccccc3)c3ccccc32)CC1. The van der Waals surface area contributed by atoms with Gasteiger partial charge in [-0.15, -0.1) is 11.8 Å². The topological polar surface area (TPSA) is 43.9 Å². The van der Waals surface area contributed by atoms with E-state index >= 15 is 0 Å². The fourth-order valence-electron chi connectivity index (χ4n) is 4.86. The molecule has 3 aliphatic heterocycles.